The fraction of sp³-hybridized carbons (Fsp3) is 0.600. The molecule has 0 spiro atoms. The van der Waals surface area contributed by atoms with Gasteiger partial charge in [-0.05, 0) is 33.1 Å². The Morgan fingerprint density at radius 1 is 1.16 bits per heavy atom. The number of rotatable bonds is 4. The third kappa shape index (κ3) is 4.68. The van der Waals surface area contributed by atoms with Crippen LogP contribution in [0.25, 0.3) is 0 Å². The highest BCUT2D eigenvalue weighted by Crippen LogP contribution is 2.32. The molecule has 0 aromatic carbocycles. The number of carbonyl (C=O) groups is 2. The summed E-state index contributed by atoms with van der Waals surface area (Å²) in [4.78, 5) is 38.6. The van der Waals surface area contributed by atoms with Crippen LogP contribution in [-0.4, -0.2) is 77.7 Å². The zero-order valence-electron chi connectivity index (χ0n) is 17.8. The molecule has 31 heavy (non-hydrogen) atoms. The van der Waals surface area contributed by atoms with Crippen molar-refractivity contribution in [3.8, 4) is 0 Å². The summed E-state index contributed by atoms with van der Waals surface area (Å²) in [5.74, 6) is 0.197. The van der Waals surface area contributed by atoms with Crippen LogP contribution < -0.4 is 0 Å². The molecule has 0 N–H and O–H groups in total. The average molecular weight is 483 g/mol. The molecular weight excluding hydrogens is 456 g/mol. The second kappa shape index (κ2) is 8.59. The lowest BCUT2D eigenvalue weighted by molar-refractivity contribution is 0.0716. The SMILES string of the molecule is Cc1nc(C)c(C(=O)N2CCC(c3nc(C(=O)N(C)C4CCS(=O)(=O)C4)cs3)CC2)s1. The molecule has 2 aliphatic heterocycles. The van der Waals surface area contributed by atoms with Gasteiger partial charge < -0.3 is 9.80 Å². The molecule has 2 aromatic heterocycles. The summed E-state index contributed by atoms with van der Waals surface area (Å²) in [6, 6.07) is -0.282. The summed E-state index contributed by atoms with van der Waals surface area (Å²) < 4.78 is 23.4. The van der Waals surface area contributed by atoms with Gasteiger partial charge in [-0.25, -0.2) is 18.4 Å². The number of amides is 2. The van der Waals surface area contributed by atoms with Gasteiger partial charge in [0.25, 0.3) is 11.8 Å². The Bertz CT molecular complexity index is 1100. The number of hydrogen-bond acceptors (Lipinski definition) is 8. The van der Waals surface area contributed by atoms with E-state index in [-0.39, 0.29) is 35.3 Å². The van der Waals surface area contributed by atoms with Gasteiger partial charge in [0.2, 0.25) is 0 Å². The molecule has 0 saturated carbocycles. The fourth-order valence-electron chi connectivity index (χ4n) is 4.20. The Balaban J connectivity index is 1.36. The van der Waals surface area contributed by atoms with Crippen LogP contribution in [0.3, 0.4) is 0 Å². The topological polar surface area (TPSA) is 101 Å². The Hall–Kier alpha value is -1.85. The standard InChI is InChI=1S/C20H26N4O4S3/c1-12-17(30-13(2)21-12)20(26)24-7-4-14(5-8-24)18-22-16(10-29-18)19(25)23(3)15-6-9-31(27,28)11-15/h10,14-15H,4-9,11H2,1-3H3. The molecule has 8 nitrogen and oxygen atoms in total. The number of carbonyl (C=O) groups excluding carboxylic acids is 2. The van der Waals surface area contributed by atoms with Crippen LogP contribution in [0.4, 0.5) is 0 Å². The van der Waals surface area contributed by atoms with E-state index in [0.717, 1.165) is 33.4 Å². The molecule has 0 radical (unpaired) electrons. The first kappa shape index (κ1) is 22.3. The molecule has 168 valence electrons. The number of hydrogen-bond donors (Lipinski definition) is 0. The molecule has 2 saturated heterocycles. The van der Waals surface area contributed by atoms with Crippen molar-refractivity contribution in [1.29, 1.82) is 0 Å². The molecule has 2 aromatic rings. The first-order valence-electron chi connectivity index (χ1n) is 10.3. The lowest BCUT2D eigenvalue weighted by Crippen LogP contribution is -2.38. The molecule has 1 atom stereocenters. The largest absolute Gasteiger partial charge is 0.338 e. The number of sulfone groups is 1. The summed E-state index contributed by atoms with van der Waals surface area (Å²) in [7, 11) is -1.40. The Kier molecular flexibility index (Phi) is 6.19. The van der Waals surface area contributed by atoms with Crippen molar-refractivity contribution in [3.05, 3.63) is 31.7 Å². The molecule has 4 rings (SSSR count). The quantitative estimate of drug-likeness (QED) is 0.664. The Morgan fingerprint density at radius 3 is 2.45 bits per heavy atom. The predicted octanol–water partition coefficient (Wildman–Crippen LogP) is 2.50. The molecule has 2 amide bonds. The van der Waals surface area contributed by atoms with Crippen molar-refractivity contribution in [2.75, 3.05) is 31.6 Å². The van der Waals surface area contributed by atoms with E-state index in [1.54, 1.807) is 12.4 Å². The van der Waals surface area contributed by atoms with Crippen LogP contribution in [0, 0.1) is 13.8 Å². The van der Waals surface area contributed by atoms with E-state index < -0.39 is 9.84 Å². The lowest BCUT2D eigenvalue weighted by atomic mass is 9.97. The molecular formula is C20H26N4O4S3. The fourth-order valence-corrected chi connectivity index (χ4v) is 7.83. The summed E-state index contributed by atoms with van der Waals surface area (Å²) >= 11 is 2.91. The van der Waals surface area contributed by atoms with E-state index in [2.05, 4.69) is 9.97 Å². The van der Waals surface area contributed by atoms with Gasteiger partial charge in [0, 0.05) is 37.5 Å². The van der Waals surface area contributed by atoms with Crippen molar-refractivity contribution in [1.82, 2.24) is 19.8 Å². The maximum absolute atomic E-state index is 12.8. The Labute approximate surface area is 190 Å². The second-order valence-corrected chi connectivity index (χ2v) is 12.6. The first-order valence-corrected chi connectivity index (χ1v) is 13.8. The summed E-state index contributed by atoms with van der Waals surface area (Å²) in [6.07, 6.45) is 2.09. The van der Waals surface area contributed by atoms with Crippen LogP contribution in [0.5, 0.6) is 0 Å². The number of nitrogens with zero attached hydrogens (tertiary/aromatic N) is 4. The average Bonchev–Trinajstić information content (AvgIpc) is 3.45. The van der Waals surface area contributed by atoms with Crippen LogP contribution in [0.2, 0.25) is 0 Å². The number of piperidine rings is 1. The van der Waals surface area contributed by atoms with Gasteiger partial charge in [-0.1, -0.05) is 0 Å². The van der Waals surface area contributed by atoms with E-state index in [1.165, 1.54) is 27.6 Å². The van der Waals surface area contributed by atoms with E-state index >= 15 is 0 Å². The van der Waals surface area contributed by atoms with Crippen molar-refractivity contribution in [2.24, 2.45) is 0 Å². The first-order chi connectivity index (χ1) is 14.6. The second-order valence-electron chi connectivity index (χ2n) is 8.26. The highest BCUT2D eigenvalue weighted by atomic mass is 32.2. The van der Waals surface area contributed by atoms with Gasteiger partial charge in [0.1, 0.15) is 10.6 Å². The molecule has 0 bridgehead atoms. The number of aryl methyl sites for hydroxylation is 2. The van der Waals surface area contributed by atoms with E-state index in [0.29, 0.717) is 25.2 Å². The van der Waals surface area contributed by atoms with Crippen molar-refractivity contribution >= 4 is 44.3 Å². The van der Waals surface area contributed by atoms with Crippen LogP contribution in [-0.2, 0) is 9.84 Å². The predicted molar refractivity (Wildman–Crippen MR) is 121 cm³/mol. The molecule has 0 aliphatic carbocycles. The smallest absolute Gasteiger partial charge is 0.273 e. The maximum Gasteiger partial charge on any atom is 0.273 e. The summed E-state index contributed by atoms with van der Waals surface area (Å²) in [6.45, 7) is 5.09. The van der Waals surface area contributed by atoms with Crippen LogP contribution in [0.1, 0.15) is 61.0 Å². The lowest BCUT2D eigenvalue weighted by Gasteiger charge is -2.31. The third-order valence-corrected chi connectivity index (χ3v) is 9.87. The number of aromatic nitrogens is 2. The van der Waals surface area contributed by atoms with Crippen LogP contribution in [0.15, 0.2) is 5.38 Å². The third-order valence-electron chi connectivity index (χ3n) is 6.05. The van der Waals surface area contributed by atoms with Gasteiger partial charge in [-0.3, -0.25) is 9.59 Å². The minimum absolute atomic E-state index is 0.0253. The molecule has 2 aliphatic rings. The van der Waals surface area contributed by atoms with Gasteiger partial charge in [-0.15, -0.1) is 22.7 Å². The molecule has 1 unspecified atom stereocenters. The zero-order valence-corrected chi connectivity index (χ0v) is 20.3. The van der Waals surface area contributed by atoms with Gasteiger partial charge in [0.15, 0.2) is 9.84 Å². The molecule has 2 fully saturated rings. The monoisotopic (exact) mass is 482 g/mol. The summed E-state index contributed by atoms with van der Waals surface area (Å²) in [5, 5.41) is 3.57. The molecule has 11 heteroatoms. The summed E-state index contributed by atoms with van der Waals surface area (Å²) in [5.41, 5.74) is 1.16. The van der Waals surface area contributed by atoms with E-state index in [9.17, 15) is 18.0 Å². The minimum Gasteiger partial charge on any atom is -0.338 e. The van der Waals surface area contributed by atoms with Crippen molar-refractivity contribution in [2.45, 2.75) is 45.1 Å². The van der Waals surface area contributed by atoms with Crippen molar-refractivity contribution < 1.29 is 18.0 Å². The maximum atomic E-state index is 12.8. The number of likely N-dealkylation sites (tertiary alicyclic amines) is 1. The normalized spacial score (nSPS) is 21.4. The highest BCUT2D eigenvalue weighted by molar-refractivity contribution is 7.91. The Morgan fingerprint density at radius 2 is 1.87 bits per heavy atom. The molecule has 4 heterocycles. The van der Waals surface area contributed by atoms with Gasteiger partial charge in [0.05, 0.1) is 27.2 Å². The van der Waals surface area contributed by atoms with Crippen molar-refractivity contribution in [3.63, 3.8) is 0 Å². The van der Waals surface area contributed by atoms with Gasteiger partial charge >= 0.3 is 0 Å². The number of thiazole rings is 2. The minimum atomic E-state index is -3.05. The van der Waals surface area contributed by atoms with Crippen LogP contribution >= 0.6 is 22.7 Å². The van der Waals surface area contributed by atoms with Gasteiger partial charge in [-0.2, -0.15) is 0 Å². The van der Waals surface area contributed by atoms with E-state index in [4.69, 9.17) is 0 Å². The van der Waals surface area contributed by atoms with E-state index in [1.807, 2.05) is 18.7 Å². The zero-order chi connectivity index (χ0) is 22.3. The highest BCUT2D eigenvalue weighted by Gasteiger charge is 2.34.